The maximum absolute atomic E-state index is 10.9. The first-order valence-electron chi connectivity index (χ1n) is 5.76. The van der Waals surface area contributed by atoms with Crippen LogP contribution < -0.4 is 4.74 Å². The van der Waals surface area contributed by atoms with Crippen LogP contribution in [0, 0.1) is 0 Å². The van der Waals surface area contributed by atoms with E-state index in [1.54, 1.807) is 6.07 Å². The maximum atomic E-state index is 10.9. The van der Waals surface area contributed by atoms with Crippen molar-refractivity contribution in [3.63, 3.8) is 0 Å². The molecule has 0 amide bonds. The summed E-state index contributed by atoms with van der Waals surface area (Å²) in [6, 6.07) is 9.74. The molecule has 110 valence electrons. The Labute approximate surface area is 121 Å². The molecule has 0 saturated carbocycles. The fourth-order valence-corrected chi connectivity index (χ4v) is 2.01. The van der Waals surface area contributed by atoms with Crippen LogP contribution in [0.1, 0.15) is 0 Å². The van der Waals surface area contributed by atoms with Gasteiger partial charge in [-0.2, -0.15) is 18.6 Å². The summed E-state index contributed by atoms with van der Waals surface area (Å²) in [4.78, 5) is -0.215. The van der Waals surface area contributed by atoms with Crippen molar-refractivity contribution in [1.82, 2.24) is 0 Å². The molecular weight excluding hydrogens is 296 g/mol. The molecule has 7 nitrogen and oxygen atoms in total. The van der Waals surface area contributed by atoms with Crippen molar-refractivity contribution in [3.8, 4) is 11.5 Å². The number of aromatic hydroxyl groups is 1. The van der Waals surface area contributed by atoms with Crippen LogP contribution in [0.4, 0.5) is 11.4 Å². The summed E-state index contributed by atoms with van der Waals surface area (Å²) >= 11 is 0. The van der Waals surface area contributed by atoms with Gasteiger partial charge in [0.2, 0.25) is 0 Å². The first-order chi connectivity index (χ1) is 9.90. The highest BCUT2D eigenvalue weighted by atomic mass is 32.2. The lowest BCUT2D eigenvalue weighted by atomic mass is 10.3. The Balaban J connectivity index is 2.21. The van der Waals surface area contributed by atoms with Gasteiger partial charge in [0.05, 0.1) is 23.4 Å². The Kier molecular flexibility index (Phi) is 4.20. The normalized spacial score (nSPS) is 11.7. The minimum absolute atomic E-state index is 0.00560. The molecule has 2 rings (SSSR count). The fourth-order valence-electron chi connectivity index (χ4n) is 1.53. The molecule has 21 heavy (non-hydrogen) atoms. The van der Waals surface area contributed by atoms with Crippen LogP contribution in [0.5, 0.6) is 11.5 Å². The van der Waals surface area contributed by atoms with Crippen molar-refractivity contribution in [2.75, 3.05) is 7.11 Å². The van der Waals surface area contributed by atoms with Crippen LogP contribution in [-0.4, -0.2) is 25.2 Å². The number of hydrogen-bond acceptors (Lipinski definition) is 6. The number of rotatable bonds is 4. The zero-order valence-corrected chi connectivity index (χ0v) is 11.8. The number of phenolic OH excluding ortho intramolecular Hbond substituents is 1. The van der Waals surface area contributed by atoms with E-state index in [9.17, 15) is 13.5 Å². The molecule has 0 radical (unpaired) electrons. The zero-order valence-electron chi connectivity index (χ0n) is 11.0. The summed E-state index contributed by atoms with van der Waals surface area (Å²) in [5, 5.41) is 17.3. The van der Waals surface area contributed by atoms with Crippen LogP contribution in [0.2, 0.25) is 0 Å². The highest BCUT2D eigenvalue weighted by Crippen LogP contribution is 2.30. The Morgan fingerprint density at radius 1 is 1.00 bits per heavy atom. The van der Waals surface area contributed by atoms with Crippen molar-refractivity contribution in [1.29, 1.82) is 0 Å². The molecule has 0 heterocycles. The van der Waals surface area contributed by atoms with Gasteiger partial charge in [-0.3, -0.25) is 4.55 Å². The molecule has 0 saturated heterocycles. The molecule has 0 aliphatic rings. The number of phenols is 1. The summed E-state index contributed by atoms with van der Waals surface area (Å²) in [6.07, 6.45) is 0. The number of benzene rings is 2. The van der Waals surface area contributed by atoms with E-state index >= 15 is 0 Å². The zero-order chi connectivity index (χ0) is 15.5. The predicted octanol–water partition coefficient (Wildman–Crippen LogP) is 3.06. The minimum atomic E-state index is -4.22. The van der Waals surface area contributed by atoms with Gasteiger partial charge in [-0.25, -0.2) is 0 Å². The van der Waals surface area contributed by atoms with E-state index in [1.165, 1.54) is 43.5 Å². The molecule has 8 heteroatoms. The van der Waals surface area contributed by atoms with E-state index in [0.717, 1.165) is 0 Å². The quantitative estimate of drug-likeness (QED) is 0.666. The lowest BCUT2D eigenvalue weighted by Crippen LogP contribution is -1.96. The number of ether oxygens (including phenoxy) is 1. The van der Waals surface area contributed by atoms with Crippen molar-refractivity contribution < 1.29 is 22.8 Å². The van der Waals surface area contributed by atoms with Gasteiger partial charge < -0.3 is 9.84 Å². The molecule has 0 spiro atoms. The summed E-state index contributed by atoms with van der Waals surface area (Å²) in [6.45, 7) is 0. The third-order valence-electron chi connectivity index (χ3n) is 2.58. The highest BCUT2D eigenvalue weighted by Gasteiger charge is 2.08. The molecule has 0 aliphatic heterocycles. The Morgan fingerprint density at radius 3 is 2.14 bits per heavy atom. The van der Waals surface area contributed by atoms with E-state index in [0.29, 0.717) is 11.4 Å². The second kappa shape index (κ2) is 5.90. The van der Waals surface area contributed by atoms with Gasteiger partial charge in [0.1, 0.15) is 0 Å². The smallest absolute Gasteiger partial charge is 0.294 e. The molecule has 2 N–H and O–H groups in total. The summed E-state index contributed by atoms with van der Waals surface area (Å²) < 4.78 is 35.6. The average molecular weight is 308 g/mol. The summed E-state index contributed by atoms with van der Waals surface area (Å²) in [5.74, 6) is 0.266. The molecule has 0 aromatic heterocycles. The van der Waals surface area contributed by atoms with Crippen molar-refractivity contribution in [2.24, 2.45) is 10.2 Å². The minimum Gasteiger partial charge on any atom is -0.504 e. The molecule has 0 fully saturated rings. The van der Waals surface area contributed by atoms with E-state index in [4.69, 9.17) is 9.29 Å². The largest absolute Gasteiger partial charge is 0.504 e. The van der Waals surface area contributed by atoms with Crippen LogP contribution in [0.3, 0.4) is 0 Å². The first kappa shape index (κ1) is 14.9. The molecule has 0 atom stereocenters. The molecule has 2 aromatic rings. The Morgan fingerprint density at radius 2 is 1.57 bits per heavy atom. The molecule has 0 aliphatic carbocycles. The molecule has 0 bridgehead atoms. The number of azo groups is 1. The summed E-state index contributed by atoms with van der Waals surface area (Å²) in [5.41, 5.74) is 0.873. The van der Waals surface area contributed by atoms with Gasteiger partial charge in [0.15, 0.2) is 11.5 Å². The average Bonchev–Trinajstić information content (AvgIpc) is 2.46. The van der Waals surface area contributed by atoms with Crippen molar-refractivity contribution >= 4 is 21.5 Å². The molecule has 0 unspecified atom stereocenters. The van der Waals surface area contributed by atoms with Gasteiger partial charge in [-0.05, 0) is 36.4 Å². The maximum Gasteiger partial charge on any atom is 0.294 e. The lowest BCUT2D eigenvalue weighted by molar-refractivity contribution is 0.373. The predicted molar refractivity (Wildman–Crippen MR) is 75.1 cm³/mol. The third-order valence-corrected chi connectivity index (χ3v) is 3.45. The second-order valence-corrected chi connectivity index (χ2v) is 5.45. The van der Waals surface area contributed by atoms with Gasteiger partial charge in [-0.15, -0.1) is 0 Å². The lowest BCUT2D eigenvalue weighted by Gasteiger charge is -2.02. The van der Waals surface area contributed by atoms with Crippen LogP contribution in [0.15, 0.2) is 57.6 Å². The van der Waals surface area contributed by atoms with Crippen LogP contribution in [0.25, 0.3) is 0 Å². The van der Waals surface area contributed by atoms with Gasteiger partial charge in [0.25, 0.3) is 10.1 Å². The molecule has 2 aromatic carbocycles. The topological polar surface area (TPSA) is 109 Å². The van der Waals surface area contributed by atoms with E-state index in [1.807, 2.05) is 0 Å². The van der Waals surface area contributed by atoms with Crippen LogP contribution >= 0.6 is 0 Å². The number of hydrogen-bond donors (Lipinski definition) is 2. The Bertz CT molecular complexity index is 770. The Hall–Kier alpha value is -2.45. The van der Waals surface area contributed by atoms with Gasteiger partial charge in [-0.1, -0.05) is 0 Å². The van der Waals surface area contributed by atoms with E-state index in [-0.39, 0.29) is 16.4 Å². The standard InChI is InChI=1S/C13H12N2O5S/c1-20-13-8-10(4-7-12(13)16)15-14-9-2-5-11(6-3-9)21(17,18)19/h2-8,16H,1H3,(H,17,18,19)/b15-14+. The second-order valence-electron chi connectivity index (χ2n) is 4.03. The van der Waals surface area contributed by atoms with Gasteiger partial charge >= 0.3 is 0 Å². The van der Waals surface area contributed by atoms with Crippen molar-refractivity contribution in [2.45, 2.75) is 4.90 Å². The number of methoxy groups -OCH3 is 1. The van der Waals surface area contributed by atoms with Crippen LogP contribution in [-0.2, 0) is 10.1 Å². The van der Waals surface area contributed by atoms with E-state index in [2.05, 4.69) is 10.2 Å². The number of nitrogens with zero attached hydrogens (tertiary/aromatic N) is 2. The fraction of sp³-hybridized carbons (Fsp3) is 0.0769. The molecular formula is C13H12N2O5S. The van der Waals surface area contributed by atoms with Crippen molar-refractivity contribution in [3.05, 3.63) is 42.5 Å². The third kappa shape index (κ3) is 3.77. The monoisotopic (exact) mass is 308 g/mol. The summed E-state index contributed by atoms with van der Waals surface area (Å²) in [7, 11) is -2.80. The highest BCUT2D eigenvalue weighted by molar-refractivity contribution is 7.85. The first-order valence-corrected chi connectivity index (χ1v) is 7.20. The van der Waals surface area contributed by atoms with Gasteiger partial charge in [0, 0.05) is 6.07 Å². The SMILES string of the molecule is COc1cc(/N=N/c2ccc(S(=O)(=O)O)cc2)ccc1O. The van der Waals surface area contributed by atoms with E-state index < -0.39 is 10.1 Å².